The highest BCUT2D eigenvalue weighted by molar-refractivity contribution is 6.32. The highest BCUT2D eigenvalue weighted by Crippen LogP contribution is 2.33. The van der Waals surface area contributed by atoms with Gasteiger partial charge < -0.3 is 4.74 Å². The molecule has 0 bridgehead atoms. The summed E-state index contributed by atoms with van der Waals surface area (Å²) in [6.45, 7) is 4.56. The fraction of sp³-hybridized carbons (Fsp3) is 0.481. The summed E-state index contributed by atoms with van der Waals surface area (Å²) in [6, 6.07) is 12.0. The summed E-state index contributed by atoms with van der Waals surface area (Å²) in [5.41, 5.74) is 4.44. The van der Waals surface area contributed by atoms with Crippen molar-refractivity contribution in [2.45, 2.75) is 78.2 Å². The first kappa shape index (κ1) is 22.9. The minimum atomic E-state index is -0.375. The van der Waals surface area contributed by atoms with E-state index >= 15 is 0 Å². The molecule has 0 spiro atoms. The summed E-state index contributed by atoms with van der Waals surface area (Å²) in [5, 5.41) is 0.0718. The van der Waals surface area contributed by atoms with Crippen LogP contribution in [0.5, 0.6) is 5.75 Å². The second-order valence-electron chi connectivity index (χ2n) is 8.41. The number of rotatable bonds is 10. The maximum atomic E-state index is 14.2. The molecule has 1 atom stereocenters. The van der Waals surface area contributed by atoms with E-state index in [2.05, 4.69) is 37.3 Å². The first-order valence-corrected chi connectivity index (χ1v) is 11.9. The fourth-order valence-corrected chi connectivity index (χ4v) is 4.44. The van der Waals surface area contributed by atoms with Gasteiger partial charge in [0.05, 0.1) is 0 Å². The molecule has 0 amide bonds. The third-order valence-electron chi connectivity index (χ3n) is 6.21. The van der Waals surface area contributed by atoms with Crippen LogP contribution in [0.15, 0.2) is 42.5 Å². The molecule has 0 heterocycles. The molecule has 3 heteroatoms. The molecule has 1 nitrogen and oxygen atoms in total. The van der Waals surface area contributed by atoms with Crippen molar-refractivity contribution < 1.29 is 9.13 Å². The lowest BCUT2D eigenvalue weighted by molar-refractivity contribution is 0.304. The average molecular weight is 429 g/mol. The van der Waals surface area contributed by atoms with E-state index in [1.54, 1.807) is 12.1 Å². The van der Waals surface area contributed by atoms with Crippen LogP contribution in [0.3, 0.4) is 0 Å². The van der Waals surface area contributed by atoms with Crippen LogP contribution in [0.1, 0.15) is 81.9 Å². The Morgan fingerprint density at radius 3 is 2.50 bits per heavy atom. The lowest BCUT2D eigenvalue weighted by atomic mass is 9.84. The lowest BCUT2D eigenvalue weighted by Crippen LogP contribution is -2.05. The molecule has 1 aliphatic rings. The molecule has 0 N–H and O–H groups in total. The summed E-state index contributed by atoms with van der Waals surface area (Å²) in [4.78, 5) is 0. The second-order valence-corrected chi connectivity index (χ2v) is 8.79. The van der Waals surface area contributed by atoms with E-state index < -0.39 is 0 Å². The highest BCUT2D eigenvalue weighted by Gasteiger charge is 2.15. The van der Waals surface area contributed by atoms with Gasteiger partial charge in [-0.05, 0) is 59.9 Å². The zero-order valence-electron chi connectivity index (χ0n) is 18.4. The Balaban J connectivity index is 1.52. The van der Waals surface area contributed by atoms with E-state index in [1.807, 2.05) is 6.92 Å². The molecule has 3 rings (SSSR count). The minimum absolute atomic E-state index is 0.0718. The number of aryl methyl sites for hydroxylation is 1. The predicted octanol–water partition coefficient (Wildman–Crippen LogP) is 8.77. The van der Waals surface area contributed by atoms with Gasteiger partial charge in [0.25, 0.3) is 0 Å². The topological polar surface area (TPSA) is 9.23 Å². The Bertz CT molecular complexity index is 841. The standard InChI is InChI=1S/C27H34ClFO/c1-3-5-6-7-8-20-9-13-23(14-10-20)24-15-11-21(12-16-24)19-30-25-18-17-22(4-2)27(29)26(25)28/h11-13,15-18,20H,3-10,14,19H2,1-2H3. The van der Waals surface area contributed by atoms with Crippen LogP contribution < -0.4 is 4.74 Å². The molecule has 0 saturated heterocycles. The highest BCUT2D eigenvalue weighted by atomic mass is 35.5. The largest absolute Gasteiger partial charge is 0.487 e. The van der Waals surface area contributed by atoms with Crippen molar-refractivity contribution in [1.29, 1.82) is 0 Å². The van der Waals surface area contributed by atoms with Crippen LogP contribution in [-0.4, -0.2) is 0 Å². The normalized spacial score (nSPS) is 16.4. The summed E-state index contributed by atoms with van der Waals surface area (Å²) < 4.78 is 19.9. The molecule has 30 heavy (non-hydrogen) atoms. The second kappa shape index (κ2) is 11.6. The summed E-state index contributed by atoms with van der Waals surface area (Å²) in [6.07, 6.45) is 13.6. The van der Waals surface area contributed by atoms with Crippen LogP contribution in [0.4, 0.5) is 4.39 Å². The van der Waals surface area contributed by atoms with Crippen LogP contribution in [0.25, 0.3) is 5.57 Å². The first-order valence-electron chi connectivity index (χ1n) is 11.5. The van der Waals surface area contributed by atoms with Gasteiger partial charge in [-0.2, -0.15) is 0 Å². The van der Waals surface area contributed by atoms with E-state index in [1.165, 1.54) is 62.5 Å². The molecule has 0 radical (unpaired) electrons. The predicted molar refractivity (Wildman–Crippen MR) is 126 cm³/mol. The SMILES string of the molecule is CCCCCCC1CC=C(c2ccc(COc3ccc(CC)c(F)c3Cl)cc2)CC1. The summed E-state index contributed by atoms with van der Waals surface area (Å²) in [7, 11) is 0. The van der Waals surface area contributed by atoms with Gasteiger partial charge >= 0.3 is 0 Å². The van der Waals surface area contributed by atoms with Gasteiger partial charge in [-0.15, -0.1) is 0 Å². The van der Waals surface area contributed by atoms with E-state index in [-0.39, 0.29) is 10.8 Å². The maximum Gasteiger partial charge on any atom is 0.148 e. The number of unbranched alkanes of at least 4 members (excludes halogenated alkanes) is 3. The van der Waals surface area contributed by atoms with Gasteiger partial charge in [0, 0.05) is 0 Å². The van der Waals surface area contributed by atoms with E-state index in [9.17, 15) is 4.39 Å². The zero-order valence-corrected chi connectivity index (χ0v) is 19.1. The number of benzene rings is 2. The van der Waals surface area contributed by atoms with Crippen LogP contribution in [-0.2, 0) is 13.0 Å². The Kier molecular flexibility index (Phi) is 8.81. The number of halogens is 2. The Morgan fingerprint density at radius 2 is 1.83 bits per heavy atom. The van der Waals surface area contributed by atoms with Gasteiger partial charge in [-0.1, -0.05) is 94.0 Å². The minimum Gasteiger partial charge on any atom is -0.487 e. The Hall–Kier alpha value is -1.80. The van der Waals surface area contributed by atoms with Gasteiger partial charge in [0.15, 0.2) is 0 Å². The molecule has 0 aliphatic heterocycles. The molecule has 162 valence electrons. The van der Waals surface area contributed by atoms with Crippen molar-refractivity contribution in [3.05, 3.63) is 70.0 Å². The van der Waals surface area contributed by atoms with E-state index in [0.29, 0.717) is 24.3 Å². The van der Waals surface area contributed by atoms with Crippen molar-refractivity contribution in [2.24, 2.45) is 5.92 Å². The van der Waals surface area contributed by atoms with Crippen LogP contribution in [0.2, 0.25) is 5.02 Å². The molecule has 0 aromatic heterocycles. The quantitative estimate of drug-likeness (QED) is 0.343. The molecule has 0 saturated carbocycles. The molecule has 2 aromatic carbocycles. The van der Waals surface area contributed by atoms with E-state index in [0.717, 1.165) is 11.5 Å². The third kappa shape index (κ3) is 6.11. The molecular formula is C27H34ClFO. The fourth-order valence-electron chi connectivity index (χ4n) is 4.21. The number of hydrogen-bond donors (Lipinski definition) is 0. The monoisotopic (exact) mass is 428 g/mol. The third-order valence-corrected chi connectivity index (χ3v) is 6.56. The van der Waals surface area contributed by atoms with Crippen molar-refractivity contribution >= 4 is 17.2 Å². The summed E-state index contributed by atoms with van der Waals surface area (Å²) in [5.74, 6) is 0.887. The molecular weight excluding hydrogens is 395 g/mol. The smallest absolute Gasteiger partial charge is 0.148 e. The molecule has 1 unspecified atom stereocenters. The maximum absolute atomic E-state index is 14.2. The van der Waals surface area contributed by atoms with Gasteiger partial charge in [0.1, 0.15) is 23.2 Å². The molecule has 2 aromatic rings. The number of allylic oxidation sites excluding steroid dienone is 2. The molecule has 1 aliphatic carbocycles. The number of ether oxygens (including phenoxy) is 1. The molecule has 0 fully saturated rings. The van der Waals surface area contributed by atoms with Crippen molar-refractivity contribution in [3.8, 4) is 5.75 Å². The van der Waals surface area contributed by atoms with Crippen molar-refractivity contribution in [3.63, 3.8) is 0 Å². The van der Waals surface area contributed by atoms with Crippen LogP contribution >= 0.6 is 11.6 Å². The number of hydrogen-bond acceptors (Lipinski definition) is 1. The lowest BCUT2D eigenvalue weighted by Gasteiger charge is -2.22. The Labute approximate surface area is 186 Å². The Morgan fingerprint density at radius 1 is 1.03 bits per heavy atom. The average Bonchev–Trinajstić information content (AvgIpc) is 2.79. The van der Waals surface area contributed by atoms with Crippen LogP contribution in [0, 0.1) is 11.7 Å². The van der Waals surface area contributed by atoms with Crippen molar-refractivity contribution in [1.82, 2.24) is 0 Å². The summed E-state index contributed by atoms with van der Waals surface area (Å²) >= 11 is 6.12. The van der Waals surface area contributed by atoms with Gasteiger partial charge in [0.2, 0.25) is 0 Å². The van der Waals surface area contributed by atoms with Crippen molar-refractivity contribution in [2.75, 3.05) is 0 Å². The van der Waals surface area contributed by atoms with Gasteiger partial charge in [-0.25, -0.2) is 4.39 Å². The van der Waals surface area contributed by atoms with Gasteiger partial charge in [-0.3, -0.25) is 0 Å². The zero-order chi connectivity index (χ0) is 21.3. The van der Waals surface area contributed by atoms with E-state index in [4.69, 9.17) is 16.3 Å². The first-order chi connectivity index (χ1) is 14.6.